The molecule has 1 aliphatic rings. The lowest BCUT2D eigenvalue weighted by molar-refractivity contribution is -0.137. The van der Waals surface area contributed by atoms with Gasteiger partial charge in [-0.05, 0) is 30.7 Å². The van der Waals surface area contributed by atoms with E-state index in [1.165, 1.54) is 31.4 Å². The molecule has 184 valence electrons. The van der Waals surface area contributed by atoms with Gasteiger partial charge < -0.3 is 10.1 Å². The zero-order valence-corrected chi connectivity index (χ0v) is 19.1. The normalized spacial score (nSPS) is 15.1. The van der Waals surface area contributed by atoms with Gasteiger partial charge in [0.15, 0.2) is 5.82 Å². The van der Waals surface area contributed by atoms with Crippen LogP contribution in [0.15, 0.2) is 59.6 Å². The number of aromatic nitrogens is 2. The van der Waals surface area contributed by atoms with Crippen molar-refractivity contribution in [1.82, 2.24) is 9.97 Å². The predicted molar refractivity (Wildman–Crippen MR) is 126 cm³/mol. The summed E-state index contributed by atoms with van der Waals surface area (Å²) in [6.07, 6.45) is -4.18. The van der Waals surface area contributed by atoms with E-state index in [2.05, 4.69) is 20.3 Å². The molecule has 0 spiro atoms. The summed E-state index contributed by atoms with van der Waals surface area (Å²) in [6, 6.07) is 11.4. The minimum atomic E-state index is -4.64. The molecule has 4 aromatic rings. The fraction of sp³-hybridized carbons (Fsp3) is 0.192. The van der Waals surface area contributed by atoms with E-state index in [1.54, 1.807) is 18.2 Å². The number of amidine groups is 1. The Hall–Kier alpha value is -4.08. The van der Waals surface area contributed by atoms with E-state index in [1.807, 2.05) is 6.92 Å². The molecule has 1 aliphatic heterocycles. The lowest BCUT2D eigenvalue weighted by Gasteiger charge is -2.16. The van der Waals surface area contributed by atoms with Crippen LogP contribution in [0, 0.1) is 11.6 Å². The lowest BCUT2D eigenvalue weighted by Crippen LogP contribution is -2.15. The molecule has 5 nitrogen and oxygen atoms in total. The first-order valence-corrected chi connectivity index (χ1v) is 11.1. The molecule has 0 bridgehead atoms. The van der Waals surface area contributed by atoms with Gasteiger partial charge in [-0.25, -0.2) is 18.7 Å². The Morgan fingerprint density at radius 2 is 1.75 bits per heavy atom. The summed E-state index contributed by atoms with van der Waals surface area (Å²) in [6.45, 7) is 1.82. The topological polar surface area (TPSA) is 59.4 Å². The number of halogens is 5. The minimum absolute atomic E-state index is 0.122. The minimum Gasteiger partial charge on any atom is -0.494 e. The van der Waals surface area contributed by atoms with Crippen LogP contribution in [-0.2, 0) is 6.18 Å². The van der Waals surface area contributed by atoms with E-state index in [4.69, 9.17) is 4.74 Å². The van der Waals surface area contributed by atoms with Crippen molar-refractivity contribution >= 4 is 22.6 Å². The van der Waals surface area contributed by atoms with Crippen molar-refractivity contribution in [3.8, 4) is 17.1 Å². The molecule has 36 heavy (non-hydrogen) atoms. The standard InChI is InChI=1S/C26H19F5N4O/c1-3-19-21-16(11-13(27)12-18(21)28)25(32-19)35-24-15-8-6-10-20(36-2)22(15)33-23(34-24)14-7-4-5-9-17(14)26(29,30)31/h4-12,19H,3H2,1-2H3,(H,32,33,34,35). The van der Waals surface area contributed by atoms with Gasteiger partial charge in [-0.1, -0.05) is 31.2 Å². The Morgan fingerprint density at radius 3 is 2.47 bits per heavy atom. The second-order valence-corrected chi connectivity index (χ2v) is 8.17. The number of hydrogen-bond donors (Lipinski definition) is 1. The van der Waals surface area contributed by atoms with Crippen LogP contribution in [0.3, 0.4) is 0 Å². The zero-order chi connectivity index (χ0) is 25.6. The third kappa shape index (κ3) is 4.02. The van der Waals surface area contributed by atoms with Gasteiger partial charge in [0.1, 0.15) is 34.6 Å². The summed E-state index contributed by atoms with van der Waals surface area (Å²) >= 11 is 0. The third-order valence-electron chi connectivity index (χ3n) is 5.97. The van der Waals surface area contributed by atoms with Crippen LogP contribution in [-0.4, -0.2) is 22.9 Å². The quantitative estimate of drug-likeness (QED) is 0.310. The molecule has 1 unspecified atom stereocenters. The van der Waals surface area contributed by atoms with Crippen LogP contribution in [0.1, 0.15) is 36.1 Å². The first kappa shape index (κ1) is 23.7. The average molecular weight is 498 g/mol. The number of hydrogen-bond acceptors (Lipinski definition) is 5. The van der Waals surface area contributed by atoms with Gasteiger partial charge in [0, 0.05) is 28.1 Å². The summed E-state index contributed by atoms with van der Waals surface area (Å²) in [4.78, 5) is 13.3. The molecule has 1 N–H and O–H groups in total. The van der Waals surface area contributed by atoms with Crippen molar-refractivity contribution in [2.75, 3.05) is 12.4 Å². The van der Waals surface area contributed by atoms with E-state index in [0.29, 0.717) is 17.6 Å². The highest BCUT2D eigenvalue weighted by Gasteiger charge is 2.35. The number of fused-ring (bicyclic) bond motifs is 2. The van der Waals surface area contributed by atoms with E-state index in [0.717, 1.165) is 12.1 Å². The van der Waals surface area contributed by atoms with E-state index < -0.39 is 29.4 Å². The van der Waals surface area contributed by atoms with Crippen molar-refractivity contribution in [1.29, 1.82) is 0 Å². The summed E-state index contributed by atoms with van der Waals surface area (Å²) in [5.41, 5.74) is -0.380. The molecule has 0 saturated heterocycles. The molecule has 0 aliphatic carbocycles. The van der Waals surface area contributed by atoms with Crippen LogP contribution in [0.25, 0.3) is 22.3 Å². The predicted octanol–water partition coefficient (Wildman–Crippen LogP) is 6.93. The first-order chi connectivity index (χ1) is 17.2. The summed E-state index contributed by atoms with van der Waals surface area (Å²) in [5.74, 6) is -1.08. The Morgan fingerprint density at radius 1 is 0.972 bits per heavy atom. The Kier molecular flexibility index (Phi) is 5.82. The van der Waals surface area contributed by atoms with E-state index >= 15 is 0 Å². The van der Waals surface area contributed by atoms with Gasteiger partial charge in [0.05, 0.1) is 18.7 Å². The van der Waals surface area contributed by atoms with Gasteiger partial charge in [0.25, 0.3) is 0 Å². The number of anilines is 1. The Labute approximate surface area is 202 Å². The number of ether oxygens (including phenoxy) is 1. The SMILES string of the molecule is CCC1N=C(Nc2nc(-c3ccccc3C(F)(F)F)nc3c(OC)cccc23)c2cc(F)cc(F)c21. The molecule has 2 heterocycles. The number of rotatable bonds is 4. The molecule has 1 aromatic heterocycles. The third-order valence-corrected chi connectivity index (χ3v) is 5.97. The second kappa shape index (κ2) is 8.85. The van der Waals surface area contributed by atoms with Gasteiger partial charge in [-0.2, -0.15) is 13.2 Å². The van der Waals surface area contributed by atoms with Crippen molar-refractivity contribution in [3.05, 3.63) is 82.9 Å². The van der Waals surface area contributed by atoms with Crippen LogP contribution < -0.4 is 10.1 Å². The van der Waals surface area contributed by atoms with Gasteiger partial charge >= 0.3 is 6.18 Å². The lowest BCUT2D eigenvalue weighted by atomic mass is 10.0. The molecule has 0 fully saturated rings. The molecular weight excluding hydrogens is 479 g/mol. The molecule has 0 saturated carbocycles. The van der Waals surface area contributed by atoms with Crippen LogP contribution >= 0.6 is 0 Å². The van der Waals surface area contributed by atoms with Crippen molar-refractivity contribution in [3.63, 3.8) is 0 Å². The van der Waals surface area contributed by atoms with Gasteiger partial charge in [-0.15, -0.1) is 0 Å². The zero-order valence-electron chi connectivity index (χ0n) is 19.1. The molecule has 3 aromatic carbocycles. The van der Waals surface area contributed by atoms with Crippen LogP contribution in [0.4, 0.5) is 27.8 Å². The maximum Gasteiger partial charge on any atom is 0.417 e. The van der Waals surface area contributed by atoms with E-state index in [9.17, 15) is 22.0 Å². The Bertz CT molecular complexity index is 1520. The molecule has 0 radical (unpaired) electrons. The van der Waals surface area contributed by atoms with Crippen LogP contribution in [0.5, 0.6) is 5.75 Å². The molecule has 5 rings (SSSR count). The number of alkyl halides is 3. The maximum atomic E-state index is 14.6. The van der Waals surface area contributed by atoms with Gasteiger partial charge in [-0.3, -0.25) is 4.99 Å². The summed E-state index contributed by atoms with van der Waals surface area (Å²) in [7, 11) is 1.42. The molecule has 0 amide bonds. The monoisotopic (exact) mass is 498 g/mol. The fourth-order valence-electron chi connectivity index (χ4n) is 4.35. The number of nitrogens with one attached hydrogen (secondary N) is 1. The summed E-state index contributed by atoms with van der Waals surface area (Å²) in [5, 5.41) is 3.44. The number of aliphatic imine (C=N–C) groups is 1. The van der Waals surface area contributed by atoms with E-state index in [-0.39, 0.29) is 39.7 Å². The maximum absolute atomic E-state index is 14.6. The van der Waals surface area contributed by atoms with Crippen LogP contribution in [0.2, 0.25) is 0 Å². The average Bonchev–Trinajstić information content (AvgIpc) is 3.20. The largest absolute Gasteiger partial charge is 0.494 e. The number of para-hydroxylation sites is 1. The van der Waals surface area contributed by atoms with Crippen molar-refractivity contribution < 1.29 is 26.7 Å². The number of benzene rings is 3. The number of methoxy groups -OCH3 is 1. The van der Waals surface area contributed by atoms with Crippen molar-refractivity contribution in [2.45, 2.75) is 25.6 Å². The molecule has 1 atom stereocenters. The Balaban J connectivity index is 1.72. The fourth-order valence-corrected chi connectivity index (χ4v) is 4.35. The molecular formula is C26H19F5N4O. The highest BCUT2D eigenvalue weighted by atomic mass is 19.4. The van der Waals surface area contributed by atoms with Crippen molar-refractivity contribution in [2.24, 2.45) is 4.99 Å². The second-order valence-electron chi connectivity index (χ2n) is 8.17. The van der Waals surface area contributed by atoms with Gasteiger partial charge in [0.2, 0.25) is 0 Å². The highest BCUT2D eigenvalue weighted by Crippen LogP contribution is 2.39. The smallest absolute Gasteiger partial charge is 0.417 e. The summed E-state index contributed by atoms with van der Waals surface area (Å²) < 4.78 is 75.4. The number of nitrogens with zero attached hydrogens (tertiary/aromatic N) is 3. The molecule has 10 heteroatoms. The first-order valence-electron chi connectivity index (χ1n) is 11.1. The highest BCUT2D eigenvalue weighted by molar-refractivity contribution is 6.13.